The fourth-order valence-corrected chi connectivity index (χ4v) is 3.48. The van der Waals surface area contributed by atoms with Crippen LogP contribution in [0.15, 0.2) is 67.3 Å². The number of rotatable bonds is 5. The molecule has 1 saturated heterocycles. The molecule has 2 atom stereocenters. The average Bonchev–Trinajstić information content (AvgIpc) is 3.35. The van der Waals surface area contributed by atoms with E-state index in [0.717, 1.165) is 31.7 Å². The minimum absolute atomic E-state index is 0.0129. The van der Waals surface area contributed by atoms with E-state index in [1.807, 2.05) is 30.3 Å². The lowest BCUT2D eigenvalue weighted by Gasteiger charge is -2.14. The summed E-state index contributed by atoms with van der Waals surface area (Å²) < 4.78 is 1.67. The first-order valence-electron chi connectivity index (χ1n) is 8.91. The quantitative estimate of drug-likeness (QED) is 0.719. The molecule has 2 heterocycles. The summed E-state index contributed by atoms with van der Waals surface area (Å²) in [6.07, 6.45) is 4.15. The van der Waals surface area contributed by atoms with Gasteiger partial charge in [-0.05, 0) is 24.3 Å². The molecular formula is C20H22N5O+. The molecule has 0 aliphatic carbocycles. The predicted octanol–water partition coefficient (Wildman–Crippen LogP) is 0.855. The highest BCUT2D eigenvalue weighted by atomic mass is 16.1. The van der Waals surface area contributed by atoms with E-state index in [2.05, 4.69) is 39.7 Å². The monoisotopic (exact) mass is 348 g/mol. The van der Waals surface area contributed by atoms with Crippen molar-refractivity contribution in [2.45, 2.75) is 19.0 Å². The minimum atomic E-state index is -0.0129. The van der Waals surface area contributed by atoms with Crippen molar-refractivity contribution in [3.63, 3.8) is 0 Å². The Kier molecular flexibility index (Phi) is 4.75. The topological polar surface area (TPSA) is 64.2 Å². The largest absolute Gasteiger partial charge is 0.343 e. The average molecular weight is 348 g/mol. The molecule has 4 rings (SSSR count). The number of benzene rings is 2. The van der Waals surface area contributed by atoms with Gasteiger partial charge >= 0.3 is 0 Å². The number of hydrogen-bond donors (Lipinski definition) is 2. The van der Waals surface area contributed by atoms with Crippen molar-refractivity contribution in [2.75, 3.05) is 13.1 Å². The molecule has 1 aromatic heterocycles. The van der Waals surface area contributed by atoms with Crippen LogP contribution in [-0.2, 0) is 6.54 Å². The number of carbonyl (C=O) groups excluding carboxylic acids is 1. The lowest BCUT2D eigenvalue weighted by molar-refractivity contribution is -0.901. The first-order valence-corrected chi connectivity index (χ1v) is 8.91. The zero-order valence-electron chi connectivity index (χ0n) is 14.5. The summed E-state index contributed by atoms with van der Waals surface area (Å²) in [5, 5.41) is 7.26. The van der Waals surface area contributed by atoms with Gasteiger partial charge in [-0.15, -0.1) is 0 Å². The first-order chi connectivity index (χ1) is 12.8. The maximum Gasteiger partial charge on any atom is 0.251 e. The summed E-state index contributed by atoms with van der Waals surface area (Å²) in [5.74, 6) is -0.0129. The normalized spacial score (nSPS) is 19.4. The van der Waals surface area contributed by atoms with Crippen molar-refractivity contribution in [2.24, 2.45) is 0 Å². The van der Waals surface area contributed by atoms with E-state index in [1.165, 1.54) is 16.8 Å². The van der Waals surface area contributed by atoms with Gasteiger partial charge in [0, 0.05) is 17.5 Å². The third kappa shape index (κ3) is 3.81. The molecule has 6 nitrogen and oxygen atoms in total. The van der Waals surface area contributed by atoms with Crippen molar-refractivity contribution in [1.29, 1.82) is 0 Å². The number of likely N-dealkylation sites (tertiary alicyclic amines) is 1. The molecule has 6 heteroatoms. The Bertz CT molecular complexity index is 846. The lowest BCUT2D eigenvalue weighted by atomic mass is 10.1. The number of amides is 1. The van der Waals surface area contributed by atoms with Crippen LogP contribution < -0.4 is 10.2 Å². The molecule has 3 aromatic rings. The molecule has 1 aliphatic heterocycles. The molecule has 1 fully saturated rings. The van der Waals surface area contributed by atoms with Gasteiger partial charge in [0.15, 0.2) is 0 Å². The standard InChI is InChI=1S/C20H21N5O/c26-20(17-6-8-19(9-7-17)25-15-21-14-22-25)23-18-10-11-24(13-18)12-16-4-2-1-3-5-16/h1-9,14-15,18H,10-13H2,(H,23,26)/p+1/t18-/m1/s1. The molecule has 1 unspecified atom stereocenters. The van der Waals surface area contributed by atoms with E-state index in [4.69, 9.17) is 0 Å². The van der Waals surface area contributed by atoms with Crippen LogP contribution in [0.1, 0.15) is 22.3 Å². The Morgan fingerprint density at radius 3 is 2.69 bits per heavy atom. The van der Waals surface area contributed by atoms with Gasteiger partial charge in [0.1, 0.15) is 19.2 Å². The third-order valence-corrected chi connectivity index (χ3v) is 4.83. The zero-order valence-corrected chi connectivity index (χ0v) is 14.5. The molecule has 0 bridgehead atoms. The summed E-state index contributed by atoms with van der Waals surface area (Å²) in [6, 6.07) is 18.2. The van der Waals surface area contributed by atoms with Crippen LogP contribution in [0.25, 0.3) is 5.69 Å². The maximum absolute atomic E-state index is 12.5. The van der Waals surface area contributed by atoms with Crippen molar-refractivity contribution in [3.8, 4) is 5.69 Å². The summed E-state index contributed by atoms with van der Waals surface area (Å²) in [5.41, 5.74) is 2.90. The lowest BCUT2D eigenvalue weighted by Crippen LogP contribution is -3.09. The number of hydrogen-bond acceptors (Lipinski definition) is 3. The second-order valence-corrected chi connectivity index (χ2v) is 6.71. The highest BCUT2D eigenvalue weighted by molar-refractivity contribution is 5.94. The molecule has 2 aromatic carbocycles. The fraction of sp³-hybridized carbons (Fsp3) is 0.250. The fourth-order valence-electron chi connectivity index (χ4n) is 3.48. The molecule has 132 valence electrons. The van der Waals surface area contributed by atoms with E-state index >= 15 is 0 Å². The van der Waals surface area contributed by atoms with Crippen LogP contribution in [0.3, 0.4) is 0 Å². The highest BCUT2D eigenvalue weighted by Gasteiger charge is 2.27. The van der Waals surface area contributed by atoms with E-state index < -0.39 is 0 Å². The second kappa shape index (κ2) is 7.49. The number of quaternary nitrogens is 1. The zero-order chi connectivity index (χ0) is 17.8. The first kappa shape index (κ1) is 16.5. The van der Waals surface area contributed by atoms with Crippen LogP contribution in [0.2, 0.25) is 0 Å². The molecule has 26 heavy (non-hydrogen) atoms. The summed E-state index contributed by atoms with van der Waals surface area (Å²) in [7, 11) is 0. The smallest absolute Gasteiger partial charge is 0.251 e. The van der Waals surface area contributed by atoms with Gasteiger partial charge in [0.05, 0.1) is 24.8 Å². The van der Waals surface area contributed by atoms with Crippen LogP contribution in [0.5, 0.6) is 0 Å². The Balaban J connectivity index is 1.32. The number of aromatic nitrogens is 3. The summed E-state index contributed by atoms with van der Waals surface area (Å²) in [4.78, 5) is 18.0. The van der Waals surface area contributed by atoms with Crippen LogP contribution in [0, 0.1) is 0 Å². The molecule has 1 aliphatic rings. The van der Waals surface area contributed by atoms with Crippen LogP contribution >= 0.6 is 0 Å². The van der Waals surface area contributed by atoms with Gasteiger partial charge in [-0.3, -0.25) is 4.79 Å². The van der Waals surface area contributed by atoms with Crippen LogP contribution in [0.4, 0.5) is 0 Å². The predicted molar refractivity (Wildman–Crippen MR) is 98.1 cm³/mol. The molecule has 0 radical (unpaired) electrons. The van der Waals surface area contributed by atoms with Crippen molar-refractivity contribution in [1.82, 2.24) is 20.1 Å². The Hall–Kier alpha value is -2.99. The number of carbonyl (C=O) groups is 1. The van der Waals surface area contributed by atoms with Gasteiger partial charge in [-0.1, -0.05) is 30.3 Å². The van der Waals surface area contributed by atoms with E-state index in [9.17, 15) is 4.79 Å². The van der Waals surface area contributed by atoms with E-state index in [1.54, 1.807) is 11.0 Å². The second-order valence-electron chi connectivity index (χ2n) is 6.71. The molecular weight excluding hydrogens is 326 g/mol. The Morgan fingerprint density at radius 2 is 1.96 bits per heavy atom. The molecule has 0 spiro atoms. The van der Waals surface area contributed by atoms with Gasteiger partial charge in [-0.2, -0.15) is 5.10 Å². The SMILES string of the molecule is O=C(N[C@@H]1CC[NH+](Cc2ccccc2)C1)c1ccc(-n2cncn2)cc1. The van der Waals surface area contributed by atoms with Gasteiger partial charge < -0.3 is 10.2 Å². The van der Waals surface area contributed by atoms with E-state index in [-0.39, 0.29) is 11.9 Å². The van der Waals surface area contributed by atoms with Crippen LogP contribution in [-0.4, -0.2) is 39.8 Å². The van der Waals surface area contributed by atoms with Gasteiger partial charge in [0.2, 0.25) is 0 Å². The van der Waals surface area contributed by atoms with Gasteiger partial charge in [0.25, 0.3) is 5.91 Å². The highest BCUT2D eigenvalue weighted by Crippen LogP contribution is 2.09. The maximum atomic E-state index is 12.5. The third-order valence-electron chi connectivity index (χ3n) is 4.83. The molecule has 2 N–H and O–H groups in total. The van der Waals surface area contributed by atoms with E-state index in [0.29, 0.717) is 5.56 Å². The van der Waals surface area contributed by atoms with Gasteiger partial charge in [-0.25, -0.2) is 9.67 Å². The van der Waals surface area contributed by atoms with Crippen molar-refractivity contribution in [3.05, 3.63) is 78.4 Å². The summed E-state index contributed by atoms with van der Waals surface area (Å²) in [6.45, 7) is 3.07. The Labute approximate surface area is 152 Å². The number of nitrogens with zero attached hydrogens (tertiary/aromatic N) is 3. The molecule has 0 saturated carbocycles. The Morgan fingerprint density at radius 1 is 1.15 bits per heavy atom. The molecule has 1 amide bonds. The van der Waals surface area contributed by atoms with Crippen molar-refractivity contribution < 1.29 is 9.69 Å². The number of nitrogens with one attached hydrogen (secondary N) is 2. The minimum Gasteiger partial charge on any atom is -0.343 e. The summed E-state index contributed by atoms with van der Waals surface area (Å²) >= 11 is 0. The van der Waals surface area contributed by atoms with Crippen molar-refractivity contribution >= 4 is 5.91 Å².